The van der Waals surface area contributed by atoms with Gasteiger partial charge in [0, 0.05) is 11.8 Å². The van der Waals surface area contributed by atoms with Gasteiger partial charge in [0.2, 0.25) is 0 Å². The van der Waals surface area contributed by atoms with E-state index in [1.54, 1.807) is 23.9 Å². The number of hydrogen-bond acceptors (Lipinski definition) is 3. The SMILES string of the molecule is [O-][NH+](O)c1ccccc1SCc1ccccc1. The zero-order valence-corrected chi connectivity index (χ0v) is 9.98. The highest BCUT2D eigenvalue weighted by atomic mass is 32.2. The van der Waals surface area contributed by atoms with Crippen molar-refractivity contribution in [2.75, 3.05) is 0 Å². The minimum atomic E-state index is -0.874. The Morgan fingerprint density at radius 2 is 1.65 bits per heavy atom. The summed E-state index contributed by atoms with van der Waals surface area (Å²) in [7, 11) is 0. The molecule has 2 aromatic carbocycles. The van der Waals surface area contributed by atoms with Crippen LogP contribution in [0.5, 0.6) is 0 Å². The lowest BCUT2D eigenvalue weighted by atomic mass is 10.2. The second-order valence-corrected chi connectivity index (χ2v) is 4.59. The number of thioether (sulfide) groups is 1. The second-order valence-electron chi connectivity index (χ2n) is 3.58. The van der Waals surface area contributed by atoms with Crippen LogP contribution in [0.25, 0.3) is 0 Å². The van der Waals surface area contributed by atoms with Gasteiger partial charge >= 0.3 is 0 Å². The summed E-state index contributed by atoms with van der Waals surface area (Å²) < 4.78 is 0. The van der Waals surface area contributed by atoms with Crippen molar-refractivity contribution in [2.24, 2.45) is 0 Å². The highest BCUT2D eigenvalue weighted by Crippen LogP contribution is 2.27. The van der Waals surface area contributed by atoms with Crippen LogP contribution in [-0.4, -0.2) is 5.21 Å². The van der Waals surface area contributed by atoms with Crippen LogP contribution in [-0.2, 0) is 5.75 Å². The fourth-order valence-corrected chi connectivity index (χ4v) is 2.50. The van der Waals surface area contributed by atoms with Gasteiger partial charge in [-0.25, -0.2) is 5.21 Å². The maximum atomic E-state index is 11.0. The summed E-state index contributed by atoms with van der Waals surface area (Å²) in [6.07, 6.45) is 0. The van der Waals surface area contributed by atoms with Gasteiger partial charge in [0.05, 0.1) is 4.90 Å². The molecule has 2 rings (SSSR count). The molecule has 0 saturated heterocycles. The van der Waals surface area contributed by atoms with Gasteiger partial charge in [-0.1, -0.05) is 42.5 Å². The molecule has 2 N–H and O–H groups in total. The highest BCUT2D eigenvalue weighted by Gasteiger charge is 2.08. The summed E-state index contributed by atoms with van der Waals surface area (Å²) in [6, 6.07) is 17.1. The van der Waals surface area contributed by atoms with Crippen molar-refractivity contribution in [1.82, 2.24) is 0 Å². The van der Waals surface area contributed by atoms with E-state index < -0.39 is 5.23 Å². The van der Waals surface area contributed by atoms with Crippen LogP contribution in [0.2, 0.25) is 0 Å². The molecule has 0 fully saturated rings. The number of quaternary nitrogens is 1. The minimum Gasteiger partial charge on any atom is -0.595 e. The van der Waals surface area contributed by atoms with Crippen LogP contribution in [0.1, 0.15) is 5.56 Å². The van der Waals surface area contributed by atoms with E-state index in [9.17, 15) is 5.21 Å². The number of para-hydroxylation sites is 1. The summed E-state index contributed by atoms with van der Waals surface area (Å²) in [4.78, 5) is 0.809. The molecule has 17 heavy (non-hydrogen) atoms. The van der Waals surface area contributed by atoms with Gasteiger partial charge in [-0.3, -0.25) is 0 Å². The van der Waals surface area contributed by atoms with Gasteiger partial charge in [0.25, 0.3) is 0 Å². The van der Waals surface area contributed by atoms with E-state index in [1.807, 2.05) is 42.5 Å². The van der Waals surface area contributed by atoms with Crippen molar-refractivity contribution in [3.63, 3.8) is 0 Å². The predicted molar refractivity (Wildman–Crippen MR) is 68.2 cm³/mol. The van der Waals surface area contributed by atoms with E-state index in [0.717, 1.165) is 10.6 Å². The quantitative estimate of drug-likeness (QED) is 0.644. The fraction of sp³-hybridized carbons (Fsp3) is 0.0769. The third-order valence-electron chi connectivity index (χ3n) is 2.35. The number of rotatable bonds is 4. The Labute approximate surface area is 104 Å². The molecule has 0 aliphatic heterocycles. The normalized spacial score (nSPS) is 12.4. The molecular formula is C13H13NO2S. The third kappa shape index (κ3) is 3.31. The van der Waals surface area contributed by atoms with Crippen molar-refractivity contribution < 1.29 is 10.4 Å². The Morgan fingerprint density at radius 3 is 2.35 bits per heavy atom. The molecule has 3 nitrogen and oxygen atoms in total. The monoisotopic (exact) mass is 247 g/mol. The Balaban J connectivity index is 2.09. The van der Waals surface area contributed by atoms with Gasteiger partial charge in [0.1, 0.15) is 0 Å². The van der Waals surface area contributed by atoms with Crippen molar-refractivity contribution in [3.05, 3.63) is 65.4 Å². The molecular weight excluding hydrogens is 234 g/mol. The van der Waals surface area contributed by atoms with Crippen LogP contribution in [0.15, 0.2) is 59.5 Å². The molecule has 0 saturated carbocycles. The van der Waals surface area contributed by atoms with E-state index in [0.29, 0.717) is 5.69 Å². The summed E-state index contributed by atoms with van der Waals surface area (Å²) in [5, 5.41) is 19.2. The third-order valence-corrected chi connectivity index (χ3v) is 3.50. The van der Waals surface area contributed by atoms with Crippen molar-refractivity contribution in [1.29, 1.82) is 0 Å². The molecule has 1 unspecified atom stereocenters. The lowest BCUT2D eigenvalue weighted by molar-refractivity contribution is -0.992. The van der Waals surface area contributed by atoms with Crippen LogP contribution < -0.4 is 5.23 Å². The van der Waals surface area contributed by atoms with Gasteiger partial charge in [-0.2, -0.15) is 5.23 Å². The maximum Gasteiger partial charge on any atom is 0.177 e. The van der Waals surface area contributed by atoms with Crippen molar-refractivity contribution in [3.8, 4) is 0 Å². The number of nitrogens with one attached hydrogen (secondary N) is 1. The highest BCUT2D eigenvalue weighted by molar-refractivity contribution is 7.98. The van der Waals surface area contributed by atoms with Crippen molar-refractivity contribution in [2.45, 2.75) is 10.6 Å². The molecule has 0 aliphatic carbocycles. The van der Waals surface area contributed by atoms with E-state index in [1.165, 1.54) is 5.56 Å². The second kappa shape index (κ2) is 5.84. The van der Waals surface area contributed by atoms with E-state index in [4.69, 9.17) is 5.21 Å². The lowest BCUT2D eigenvalue weighted by Crippen LogP contribution is -2.99. The fourth-order valence-electron chi connectivity index (χ4n) is 1.50. The molecule has 0 radical (unpaired) electrons. The molecule has 0 bridgehead atoms. The van der Waals surface area contributed by atoms with Crippen molar-refractivity contribution >= 4 is 17.4 Å². The van der Waals surface area contributed by atoms with Crippen LogP contribution in [0.4, 0.5) is 5.69 Å². The van der Waals surface area contributed by atoms with Crippen LogP contribution >= 0.6 is 11.8 Å². The average molecular weight is 247 g/mol. The molecule has 0 heterocycles. The van der Waals surface area contributed by atoms with Crippen LogP contribution in [0, 0.1) is 5.21 Å². The Morgan fingerprint density at radius 1 is 1.00 bits per heavy atom. The summed E-state index contributed by atoms with van der Waals surface area (Å²) in [6.45, 7) is 0. The first-order chi connectivity index (χ1) is 8.27. The summed E-state index contributed by atoms with van der Waals surface area (Å²) >= 11 is 1.55. The van der Waals surface area contributed by atoms with E-state index in [2.05, 4.69) is 0 Å². The molecule has 0 spiro atoms. The zero-order valence-electron chi connectivity index (χ0n) is 9.17. The topological polar surface area (TPSA) is 47.7 Å². The molecule has 0 amide bonds. The standard InChI is InChI=1S/C13H13NO2S/c15-14(16)12-8-4-5-9-13(12)17-10-11-6-2-1-3-7-11/h1-9,14-15H,10H2. The average Bonchev–Trinajstić information content (AvgIpc) is 2.38. The molecule has 88 valence electrons. The molecule has 0 aliphatic rings. The molecule has 0 aromatic heterocycles. The minimum absolute atomic E-state index is 0.369. The molecule has 2 aromatic rings. The molecule has 1 atom stereocenters. The largest absolute Gasteiger partial charge is 0.595 e. The van der Waals surface area contributed by atoms with Gasteiger partial charge in [-0.15, -0.1) is 11.8 Å². The lowest BCUT2D eigenvalue weighted by Gasteiger charge is -2.14. The zero-order chi connectivity index (χ0) is 12.1. The first-order valence-corrected chi connectivity index (χ1v) is 6.25. The smallest absolute Gasteiger partial charge is 0.177 e. The Hall–Kier alpha value is -1.33. The Bertz CT molecular complexity index is 474. The van der Waals surface area contributed by atoms with Gasteiger partial charge < -0.3 is 5.21 Å². The number of benzene rings is 2. The first-order valence-electron chi connectivity index (χ1n) is 5.26. The van der Waals surface area contributed by atoms with E-state index in [-0.39, 0.29) is 0 Å². The summed E-state index contributed by atoms with van der Waals surface area (Å²) in [5.41, 5.74) is 1.56. The molecule has 4 heteroatoms. The predicted octanol–water partition coefficient (Wildman–Crippen LogP) is 2.38. The number of hydrogen-bond donors (Lipinski definition) is 2. The van der Waals surface area contributed by atoms with Gasteiger partial charge in [-0.05, 0) is 11.6 Å². The van der Waals surface area contributed by atoms with E-state index >= 15 is 0 Å². The first kappa shape index (κ1) is 12.1. The van der Waals surface area contributed by atoms with Crippen LogP contribution in [0.3, 0.4) is 0 Å². The summed E-state index contributed by atoms with van der Waals surface area (Å²) in [5.74, 6) is 0.783. The van der Waals surface area contributed by atoms with Gasteiger partial charge in [0.15, 0.2) is 5.69 Å². The maximum absolute atomic E-state index is 11.0. The Kier molecular flexibility index (Phi) is 4.17.